The molecule has 1 unspecified atom stereocenters. The van der Waals surface area contributed by atoms with Crippen molar-refractivity contribution in [2.75, 3.05) is 0 Å². The molecule has 1 aromatic heterocycles. The molecule has 0 saturated heterocycles. The van der Waals surface area contributed by atoms with Gasteiger partial charge in [0.25, 0.3) is 0 Å². The SMILES string of the molecule is CC(ON)n1ncnn1. The third-order valence-electron chi connectivity index (χ3n) is 0.887. The lowest BCUT2D eigenvalue weighted by molar-refractivity contribution is -0.00430. The van der Waals surface area contributed by atoms with E-state index < -0.39 is 0 Å². The highest BCUT2D eigenvalue weighted by atomic mass is 16.6. The van der Waals surface area contributed by atoms with Crippen molar-refractivity contribution in [3.63, 3.8) is 0 Å². The zero-order chi connectivity index (χ0) is 6.69. The van der Waals surface area contributed by atoms with Crippen LogP contribution in [0.4, 0.5) is 0 Å². The Morgan fingerprint density at radius 3 is 3.00 bits per heavy atom. The molecule has 1 aromatic rings. The van der Waals surface area contributed by atoms with Gasteiger partial charge in [-0.1, -0.05) is 0 Å². The smallest absolute Gasteiger partial charge is 0.188 e. The third kappa shape index (κ3) is 1.21. The van der Waals surface area contributed by atoms with Crippen LogP contribution >= 0.6 is 0 Å². The summed E-state index contributed by atoms with van der Waals surface area (Å²) in [6.07, 6.45) is 0.961. The van der Waals surface area contributed by atoms with Crippen molar-refractivity contribution in [2.24, 2.45) is 5.90 Å². The summed E-state index contributed by atoms with van der Waals surface area (Å²) in [5.41, 5.74) is 0. The first kappa shape index (κ1) is 6.12. The van der Waals surface area contributed by atoms with Crippen LogP contribution in [0.15, 0.2) is 6.33 Å². The van der Waals surface area contributed by atoms with E-state index in [0.29, 0.717) is 0 Å². The Morgan fingerprint density at radius 2 is 2.56 bits per heavy atom. The Kier molecular flexibility index (Phi) is 1.71. The average molecular weight is 129 g/mol. The Morgan fingerprint density at radius 1 is 1.78 bits per heavy atom. The van der Waals surface area contributed by atoms with E-state index in [1.54, 1.807) is 6.92 Å². The Hall–Kier alpha value is -1.01. The lowest BCUT2D eigenvalue weighted by Gasteiger charge is -2.03. The second-order valence-corrected chi connectivity index (χ2v) is 1.49. The fourth-order valence-corrected chi connectivity index (χ4v) is 0.396. The van der Waals surface area contributed by atoms with E-state index in [2.05, 4.69) is 20.2 Å². The normalized spacial score (nSPS) is 13.6. The van der Waals surface area contributed by atoms with Crippen molar-refractivity contribution in [3.05, 3.63) is 6.33 Å². The quantitative estimate of drug-likeness (QED) is 0.522. The molecule has 0 aliphatic heterocycles. The molecule has 0 radical (unpaired) electrons. The molecular formula is C3H7N5O. The number of nitrogens with two attached hydrogens (primary N) is 1. The van der Waals surface area contributed by atoms with Gasteiger partial charge in [0.05, 0.1) is 0 Å². The molecule has 2 N–H and O–H groups in total. The van der Waals surface area contributed by atoms with E-state index in [9.17, 15) is 0 Å². The number of nitrogens with zero attached hydrogens (tertiary/aromatic N) is 4. The summed E-state index contributed by atoms with van der Waals surface area (Å²) in [6, 6.07) is 0. The van der Waals surface area contributed by atoms with Gasteiger partial charge in [-0.2, -0.15) is 0 Å². The van der Waals surface area contributed by atoms with E-state index in [-0.39, 0.29) is 6.23 Å². The largest absolute Gasteiger partial charge is 0.276 e. The topological polar surface area (TPSA) is 78.9 Å². The predicted molar refractivity (Wildman–Crippen MR) is 27.8 cm³/mol. The number of hydrogen-bond acceptors (Lipinski definition) is 5. The summed E-state index contributed by atoms with van der Waals surface area (Å²) in [5.74, 6) is 4.83. The first-order valence-electron chi connectivity index (χ1n) is 2.42. The van der Waals surface area contributed by atoms with E-state index in [0.717, 1.165) is 0 Å². The molecule has 0 spiro atoms. The lowest BCUT2D eigenvalue weighted by Crippen LogP contribution is -2.15. The summed E-state index contributed by atoms with van der Waals surface area (Å²) in [4.78, 5) is 5.66. The van der Waals surface area contributed by atoms with Gasteiger partial charge in [-0.25, -0.2) is 5.90 Å². The van der Waals surface area contributed by atoms with Gasteiger partial charge >= 0.3 is 0 Å². The van der Waals surface area contributed by atoms with Crippen molar-refractivity contribution in [2.45, 2.75) is 13.2 Å². The molecule has 0 fully saturated rings. The van der Waals surface area contributed by atoms with Crippen molar-refractivity contribution in [1.82, 2.24) is 20.2 Å². The van der Waals surface area contributed by atoms with Crippen molar-refractivity contribution in [1.29, 1.82) is 0 Å². The first-order valence-corrected chi connectivity index (χ1v) is 2.42. The minimum absolute atomic E-state index is 0.354. The first-order chi connectivity index (χ1) is 4.34. The lowest BCUT2D eigenvalue weighted by atomic mass is 10.7. The van der Waals surface area contributed by atoms with Crippen molar-refractivity contribution < 1.29 is 4.84 Å². The monoisotopic (exact) mass is 129 g/mol. The van der Waals surface area contributed by atoms with E-state index in [1.807, 2.05) is 0 Å². The molecule has 50 valence electrons. The maximum absolute atomic E-state index is 4.83. The van der Waals surface area contributed by atoms with Gasteiger partial charge < -0.3 is 0 Å². The molecule has 0 saturated carbocycles. The number of tetrazole rings is 1. The Bertz CT molecular complexity index is 161. The predicted octanol–water partition coefficient (Wildman–Crippen LogP) is -0.918. The number of rotatable bonds is 2. The van der Waals surface area contributed by atoms with Crippen LogP contribution in [-0.2, 0) is 4.84 Å². The molecule has 1 atom stereocenters. The van der Waals surface area contributed by atoms with Crippen LogP contribution in [0, 0.1) is 0 Å². The highest BCUT2D eigenvalue weighted by Crippen LogP contribution is 1.95. The molecular weight excluding hydrogens is 122 g/mol. The van der Waals surface area contributed by atoms with Gasteiger partial charge in [0, 0.05) is 0 Å². The zero-order valence-electron chi connectivity index (χ0n) is 4.93. The highest BCUT2D eigenvalue weighted by molar-refractivity contribution is 4.40. The molecule has 0 aliphatic carbocycles. The van der Waals surface area contributed by atoms with Crippen LogP contribution in [-0.4, -0.2) is 20.2 Å². The molecule has 9 heavy (non-hydrogen) atoms. The molecule has 1 rings (SSSR count). The summed E-state index contributed by atoms with van der Waals surface area (Å²) in [5, 5.41) is 10.7. The highest BCUT2D eigenvalue weighted by Gasteiger charge is 2.02. The molecule has 0 aliphatic rings. The summed E-state index contributed by atoms with van der Waals surface area (Å²) < 4.78 is 0. The molecule has 0 aromatic carbocycles. The van der Waals surface area contributed by atoms with Crippen molar-refractivity contribution in [3.8, 4) is 0 Å². The number of hydrogen-bond donors (Lipinski definition) is 1. The van der Waals surface area contributed by atoms with Gasteiger partial charge in [-0.3, -0.25) is 4.84 Å². The summed E-state index contributed by atoms with van der Waals surface area (Å²) >= 11 is 0. The van der Waals surface area contributed by atoms with Crippen LogP contribution in [0.1, 0.15) is 13.2 Å². The van der Waals surface area contributed by atoms with E-state index >= 15 is 0 Å². The minimum atomic E-state index is -0.354. The number of aromatic nitrogens is 4. The van der Waals surface area contributed by atoms with Gasteiger partial charge in [0.15, 0.2) is 12.6 Å². The maximum atomic E-state index is 4.83. The fourth-order valence-electron chi connectivity index (χ4n) is 0.396. The standard InChI is InChI=1S/C3H7N5O/c1-3(9-4)8-6-2-5-7-8/h2-3H,4H2,1H3. The molecule has 6 heteroatoms. The molecule has 1 heterocycles. The molecule has 0 amide bonds. The van der Waals surface area contributed by atoms with Gasteiger partial charge in [0.2, 0.25) is 0 Å². The molecule has 0 bridgehead atoms. The third-order valence-corrected chi connectivity index (χ3v) is 0.887. The second kappa shape index (κ2) is 2.51. The van der Waals surface area contributed by atoms with Gasteiger partial charge in [-0.15, -0.1) is 15.0 Å². The van der Waals surface area contributed by atoms with E-state index in [4.69, 9.17) is 5.90 Å². The average Bonchev–Trinajstić information content (AvgIpc) is 2.37. The second-order valence-electron chi connectivity index (χ2n) is 1.49. The van der Waals surface area contributed by atoms with Crippen LogP contribution in [0.2, 0.25) is 0 Å². The van der Waals surface area contributed by atoms with Crippen LogP contribution in [0.3, 0.4) is 0 Å². The van der Waals surface area contributed by atoms with E-state index in [1.165, 1.54) is 11.1 Å². The van der Waals surface area contributed by atoms with Crippen LogP contribution < -0.4 is 5.90 Å². The van der Waals surface area contributed by atoms with Crippen LogP contribution in [0.5, 0.6) is 0 Å². The minimum Gasteiger partial charge on any atom is -0.276 e. The maximum Gasteiger partial charge on any atom is 0.188 e. The summed E-state index contributed by atoms with van der Waals surface area (Å²) in [6.45, 7) is 1.71. The van der Waals surface area contributed by atoms with Gasteiger partial charge in [0.1, 0.15) is 0 Å². The zero-order valence-corrected chi connectivity index (χ0v) is 4.93. The van der Waals surface area contributed by atoms with Crippen molar-refractivity contribution >= 4 is 0 Å². The Balaban J connectivity index is 2.65. The Labute approximate surface area is 51.6 Å². The van der Waals surface area contributed by atoms with Crippen LogP contribution in [0.25, 0.3) is 0 Å². The molecule has 6 nitrogen and oxygen atoms in total. The summed E-state index contributed by atoms with van der Waals surface area (Å²) in [7, 11) is 0. The fraction of sp³-hybridized carbons (Fsp3) is 0.667. The van der Waals surface area contributed by atoms with Gasteiger partial charge in [-0.05, 0) is 12.1 Å².